The summed E-state index contributed by atoms with van der Waals surface area (Å²) < 4.78 is 10.6. The maximum absolute atomic E-state index is 11.7. The molecule has 4 nitrogen and oxygen atoms in total. The van der Waals surface area contributed by atoms with Crippen molar-refractivity contribution in [2.24, 2.45) is 0 Å². The van der Waals surface area contributed by atoms with Gasteiger partial charge in [-0.2, -0.15) is 0 Å². The van der Waals surface area contributed by atoms with Crippen LogP contribution < -0.4 is 5.32 Å². The number of hydrogen-bond donors (Lipinski definition) is 1. The van der Waals surface area contributed by atoms with Crippen molar-refractivity contribution in [1.82, 2.24) is 5.32 Å². The summed E-state index contributed by atoms with van der Waals surface area (Å²) in [5, 5.41) is 3.17. The van der Waals surface area contributed by atoms with Gasteiger partial charge in [-0.25, -0.2) is 0 Å². The molecule has 0 aliphatic heterocycles. The molecule has 18 heavy (non-hydrogen) atoms. The van der Waals surface area contributed by atoms with Crippen molar-refractivity contribution in [1.29, 1.82) is 0 Å². The molecule has 108 valence electrons. The Balaban J connectivity index is 3.82. The van der Waals surface area contributed by atoms with E-state index in [1.54, 1.807) is 0 Å². The molecule has 0 saturated heterocycles. The lowest BCUT2D eigenvalue weighted by Crippen LogP contribution is -2.45. The van der Waals surface area contributed by atoms with E-state index < -0.39 is 0 Å². The highest BCUT2D eigenvalue weighted by atomic mass is 16.5. The van der Waals surface area contributed by atoms with Crippen molar-refractivity contribution in [3.05, 3.63) is 0 Å². The largest absolute Gasteiger partial charge is 0.465 e. The molecule has 0 aliphatic rings. The van der Waals surface area contributed by atoms with Gasteiger partial charge < -0.3 is 14.8 Å². The summed E-state index contributed by atoms with van der Waals surface area (Å²) in [7, 11) is 0. The number of carbonyl (C=O) groups is 1. The van der Waals surface area contributed by atoms with Gasteiger partial charge in [0.1, 0.15) is 6.04 Å². The van der Waals surface area contributed by atoms with Gasteiger partial charge in [-0.05, 0) is 13.3 Å². The molecule has 4 heteroatoms. The van der Waals surface area contributed by atoms with Crippen molar-refractivity contribution >= 4 is 5.97 Å². The minimum atomic E-state index is -0.351. The van der Waals surface area contributed by atoms with Crippen LogP contribution in [0.1, 0.15) is 53.4 Å². The highest BCUT2D eigenvalue weighted by Gasteiger charge is 2.20. The normalized spacial score (nSPS) is 12.7. The van der Waals surface area contributed by atoms with Crippen molar-refractivity contribution in [2.45, 2.75) is 65.5 Å². The van der Waals surface area contributed by atoms with E-state index >= 15 is 0 Å². The number of unbranched alkanes of at least 4 members (excludes halogenated alkanes) is 3. The number of rotatable bonds is 11. The molecule has 0 aromatic rings. The smallest absolute Gasteiger partial charge is 0.325 e. The Morgan fingerprint density at radius 3 is 2.44 bits per heavy atom. The van der Waals surface area contributed by atoms with Gasteiger partial charge in [0.25, 0.3) is 0 Å². The predicted molar refractivity (Wildman–Crippen MR) is 73.7 cm³/mol. The molecule has 1 atom stereocenters. The molecule has 0 aromatic heterocycles. The Bertz CT molecular complexity index is 207. The Kier molecular flexibility index (Phi) is 11.1. The van der Waals surface area contributed by atoms with Gasteiger partial charge in [-0.3, -0.25) is 4.79 Å². The standard InChI is InChI=1S/C14H29NO3/c1-5-7-8-9-10-17-11-13(15-12(3)4)14(16)18-6-2/h12-13,15H,5-11H2,1-4H3. The third-order valence-electron chi connectivity index (χ3n) is 2.53. The van der Waals surface area contributed by atoms with Crippen LogP contribution in [-0.2, 0) is 14.3 Å². The monoisotopic (exact) mass is 259 g/mol. The first-order valence-electron chi connectivity index (χ1n) is 7.12. The molecule has 1 N–H and O–H groups in total. The average Bonchev–Trinajstić information content (AvgIpc) is 2.32. The average molecular weight is 259 g/mol. The summed E-state index contributed by atoms with van der Waals surface area (Å²) in [4.78, 5) is 11.7. The third kappa shape index (κ3) is 9.42. The number of esters is 1. The van der Waals surface area contributed by atoms with Crippen LogP contribution >= 0.6 is 0 Å². The van der Waals surface area contributed by atoms with Gasteiger partial charge in [-0.1, -0.05) is 40.0 Å². The fraction of sp³-hybridized carbons (Fsp3) is 0.929. The van der Waals surface area contributed by atoms with E-state index in [4.69, 9.17) is 9.47 Å². The molecule has 0 aliphatic carbocycles. The molecule has 0 saturated carbocycles. The minimum Gasteiger partial charge on any atom is -0.465 e. The number of ether oxygens (including phenoxy) is 2. The maximum atomic E-state index is 11.7. The van der Waals surface area contributed by atoms with Crippen LogP contribution in [0.15, 0.2) is 0 Å². The molecule has 0 rings (SSSR count). The first-order chi connectivity index (χ1) is 8.61. The van der Waals surface area contributed by atoms with Crippen molar-refractivity contribution < 1.29 is 14.3 Å². The van der Waals surface area contributed by atoms with Crippen LogP contribution in [0, 0.1) is 0 Å². The lowest BCUT2D eigenvalue weighted by Gasteiger charge is -2.19. The predicted octanol–water partition coefficient (Wildman–Crippen LogP) is 2.51. The zero-order valence-electron chi connectivity index (χ0n) is 12.3. The quantitative estimate of drug-likeness (QED) is 0.457. The first kappa shape index (κ1) is 17.4. The van der Waals surface area contributed by atoms with E-state index in [1.165, 1.54) is 19.3 Å². The van der Waals surface area contributed by atoms with E-state index in [-0.39, 0.29) is 18.1 Å². The summed E-state index contributed by atoms with van der Waals surface area (Å²) in [6.45, 7) is 9.53. The first-order valence-corrected chi connectivity index (χ1v) is 7.12. The van der Waals surface area contributed by atoms with Gasteiger partial charge in [-0.15, -0.1) is 0 Å². The van der Waals surface area contributed by atoms with E-state index in [9.17, 15) is 4.79 Å². The fourth-order valence-corrected chi connectivity index (χ4v) is 1.66. The second-order valence-corrected chi connectivity index (χ2v) is 4.76. The molecule has 0 fully saturated rings. The van der Waals surface area contributed by atoms with Crippen molar-refractivity contribution in [2.75, 3.05) is 19.8 Å². The maximum Gasteiger partial charge on any atom is 0.325 e. The second kappa shape index (κ2) is 11.5. The van der Waals surface area contributed by atoms with Crippen LogP contribution in [0.4, 0.5) is 0 Å². The van der Waals surface area contributed by atoms with Gasteiger partial charge in [0.15, 0.2) is 0 Å². The minimum absolute atomic E-state index is 0.222. The van der Waals surface area contributed by atoms with Crippen molar-refractivity contribution in [3.63, 3.8) is 0 Å². The molecule has 0 bridgehead atoms. The topological polar surface area (TPSA) is 47.6 Å². The Morgan fingerprint density at radius 2 is 1.89 bits per heavy atom. The van der Waals surface area contributed by atoms with Gasteiger partial charge in [0.2, 0.25) is 0 Å². The highest BCUT2D eigenvalue weighted by Crippen LogP contribution is 2.00. The van der Waals surface area contributed by atoms with Crippen molar-refractivity contribution in [3.8, 4) is 0 Å². The third-order valence-corrected chi connectivity index (χ3v) is 2.53. The summed E-state index contributed by atoms with van der Waals surface area (Å²) in [5.74, 6) is -0.222. The zero-order chi connectivity index (χ0) is 13.8. The Morgan fingerprint density at radius 1 is 1.17 bits per heavy atom. The lowest BCUT2D eigenvalue weighted by atomic mass is 10.2. The number of carbonyl (C=O) groups excluding carboxylic acids is 1. The molecular formula is C14H29NO3. The van der Waals surface area contributed by atoms with E-state index in [0.717, 1.165) is 13.0 Å². The van der Waals surface area contributed by atoms with Gasteiger partial charge >= 0.3 is 5.97 Å². The van der Waals surface area contributed by atoms with E-state index in [0.29, 0.717) is 13.2 Å². The molecule has 1 unspecified atom stereocenters. The van der Waals surface area contributed by atoms with E-state index in [2.05, 4.69) is 12.2 Å². The number of nitrogens with one attached hydrogen (secondary N) is 1. The lowest BCUT2D eigenvalue weighted by molar-refractivity contribution is -0.147. The fourth-order valence-electron chi connectivity index (χ4n) is 1.66. The Hall–Kier alpha value is -0.610. The van der Waals surface area contributed by atoms with Gasteiger partial charge in [0.05, 0.1) is 13.2 Å². The molecule has 0 aromatic carbocycles. The second-order valence-electron chi connectivity index (χ2n) is 4.76. The number of hydrogen-bond acceptors (Lipinski definition) is 4. The summed E-state index contributed by atoms with van der Waals surface area (Å²) >= 11 is 0. The summed E-state index contributed by atoms with van der Waals surface area (Å²) in [6, 6.07) is -0.112. The summed E-state index contributed by atoms with van der Waals surface area (Å²) in [5.41, 5.74) is 0. The van der Waals surface area contributed by atoms with Crippen LogP contribution in [0.5, 0.6) is 0 Å². The molecule has 0 amide bonds. The van der Waals surface area contributed by atoms with Gasteiger partial charge in [0, 0.05) is 12.6 Å². The van der Waals surface area contributed by atoms with Crippen LogP contribution in [0.25, 0.3) is 0 Å². The Labute approximate surface area is 111 Å². The SMILES string of the molecule is CCCCCCOCC(NC(C)C)C(=O)OCC. The molecular weight excluding hydrogens is 230 g/mol. The highest BCUT2D eigenvalue weighted by molar-refractivity contribution is 5.75. The van der Waals surface area contributed by atoms with E-state index in [1.807, 2.05) is 20.8 Å². The van der Waals surface area contributed by atoms with Crippen LogP contribution in [0.3, 0.4) is 0 Å². The van der Waals surface area contributed by atoms with Crippen LogP contribution in [0.2, 0.25) is 0 Å². The van der Waals surface area contributed by atoms with Crippen LogP contribution in [-0.4, -0.2) is 37.9 Å². The summed E-state index contributed by atoms with van der Waals surface area (Å²) in [6.07, 6.45) is 4.72. The molecule has 0 heterocycles. The zero-order valence-corrected chi connectivity index (χ0v) is 12.3. The molecule has 0 spiro atoms. The molecule has 0 radical (unpaired) electrons.